The third-order valence-corrected chi connectivity index (χ3v) is 6.27. The van der Waals surface area contributed by atoms with Gasteiger partial charge in [-0.2, -0.15) is 0 Å². The van der Waals surface area contributed by atoms with Crippen molar-refractivity contribution >= 4 is 15.7 Å². The van der Waals surface area contributed by atoms with Gasteiger partial charge in [-0.1, -0.05) is 20.8 Å². The first-order chi connectivity index (χ1) is 12.7. The van der Waals surface area contributed by atoms with E-state index in [4.69, 9.17) is 13.9 Å². The zero-order valence-electron chi connectivity index (χ0n) is 15.5. The van der Waals surface area contributed by atoms with Crippen LogP contribution in [-0.4, -0.2) is 34.1 Å². The van der Waals surface area contributed by atoms with Crippen LogP contribution in [0.5, 0.6) is 11.5 Å². The number of hydrogen-bond acceptors (Lipinski definition) is 6. The third kappa shape index (κ3) is 4.10. The molecule has 7 nitrogen and oxygen atoms in total. The lowest BCUT2D eigenvalue weighted by atomic mass is 9.96. The van der Waals surface area contributed by atoms with Gasteiger partial charge in [-0.25, -0.2) is 8.42 Å². The second-order valence-electron chi connectivity index (χ2n) is 7.31. The molecule has 1 aliphatic heterocycles. The smallest absolute Gasteiger partial charge is 0.225 e. The summed E-state index contributed by atoms with van der Waals surface area (Å²) in [6.07, 6.45) is 1.41. The highest BCUT2D eigenvalue weighted by Gasteiger charge is 2.34. The first kappa shape index (κ1) is 19.3. The number of rotatable bonds is 5. The number of benzene rings is 1. The van der Waals surface area contributed by atoms with Crippen molar-refractivity contribution in [3.05, 3.63) is 42.4 Å². The lowest BCUT2D eigenvalue weighted by Crippen LogP contribution is -2.38. The van der Waals surface area contributed by atoms with E-state index in [-0.39, 0.29) is 23.1 Å². The normalized spacial score (nSPS) is 15.2. The van der Waals surface area contributed by atoms with Crippen LogP contribution in [0, 0.1) is 5.41 Å². The van der Waals surface area contributed by atoms with Crippen LogP contribution in [0.15, 0.2) is 45.9 Å². The molecule has 1 amide bonds. The first-order valence-corrected chi connectivity index (χ1v) is 10.2. The minimum absolute atomic E-state index is 0.0816. The van der Waals surface area contributed by atoms with Crippen molar-refractivity contribution in [2.75, 3.05) is 19.8 Å². The van der Waals surface area contributed by atoms with Crippen LogP contribution in [0.1, 0.15) is 31.8 Å². The molecule has 0 saturated carbocycles. The molecule has 27 heavy (non-hydrogen) atoms. The number of nitrogens with one attached hydrogen (secondary N) is 1. The van der Waals surface area contributed by atoms with E-state index in [1.54, 1.807) is 39.0 Å². The van der Waals surface area contributed by atoms with Gasteiger partial charge in [0.15, 0.2) is 21.3 Å². The fourth-order valence-electron chi connectivity index (χ4n) is 2.65. The number of ether oxygens (including phenoxy) is 2. The number of carbonyl (C=O) groups excluding carboxylic acids is 1. The van der Waals surface area contributed by atoms with E-state index in [1.165, 1.54) is 18.4 Å². The maximum atomic E-state index is 13.3. The van der Waals surface area contributed by atoms with Gasteiger partial charge in [0.05, 0.1) is 11.2 Å². The van der Waals surface area contributed by atoms with Crippen molar-refractivity contribution < 1.29 is 27.1 Å². The lowest BCUT2D eigenvalue weighted by molar-refractivity contribution is -0.128. The van der Waals surface area contributed by atoms with E-state index in [1.807, 2.05) is 0 Å². The van der Waals surface area contributed by atoms with Gasteiger partial charge in [-0.05, 0) is 24.3 Å². The van der Waals surface area contributed by atoms with Gasteiger partial charge < -0.3 is 19.2 Å². The van der Waals surface area contributed by atoms with Gasteiger partial charge in [-0.3, -0.25) is 4.79 Å². The lowest BCUT2D eigenvalue weighted by Gasteiger charge is -2.22. The fourth-order valence-corrected chi connectivity index (χ4v) is 4.25. The number of carbonyl (C=O) groups is 1. The molecule has 0 fully saturated rings. The quantitative estimate of drug-likeness (QED) is 0.839. The molecule has 1 N–H and O–H groups in total. The van der Waals surface area contributed by atoms with Crippen molar-refractivity contribution in [3.63, 3.8) is 0 Å². The summed E-state index contributed by atoms with van der Waals surface area (Å²) in [5.41, 5.74) is -0.630. The highest BCUT2D eigenvalue weighted by molar-refractivity contribution is 7.91. The Hall–Kier alpha value is -2.48. The van der Waals surface area contributed by atoms with E-state index in [2.05, 4.69) is 5.32 Å². The first-order valence-electron chi connectivity index (χ1n) is 8.65. The minimum Gasteiger partial charge on any atom is -0.486 e. The molecular formula is C19H23NO6S. The Morgan fingerprint density at radius 1 is 1.15 bits per heavy atom. The molecule has 0 bridgehead atoms. The summed E-state index contributed by atoms with van der Waals surface area (Å²) in [5.74, 6) is 0.922. The third-order valence-electron chi connectivity index (χ3n) is 4.21. The van der Waals surface area contributed by atoms with E-state index in [0.717, 1.165) is 0 Å². The summed E-state index contributed by atoms with van der Waals surface area (Å²) in [6.45, 7) is 5.98. The average Bonchev–Trinajstić information content (AvgIpc) is 3.14. The number of hydrogen-bond donors (Lipinski definition) is 1. The van der Waals surface area contributed by atoms with Crippen LogP contribution in [-0.2, 0) is 14.6 Å². The van der Waals surface area contributed by atoms with Crippen molar-refractivity contribution in [2.45, 2.75) is 30.9 Å². The van der Waals surface area contributed by atoms with E-state index in [9.17, 15) is 13.2 Å². The van der Waals surface area contributed by atoms with Crippen LogP contribution in [0.25, 0.3) is 0 Å². The fraction of sp³-hybridized carbons (Fsp3) is 0.421. The van der Waals surface area contributed by atoms with Gasteiger partial charge in [0.25, 0.3) is 0 Å². The molecule has 0 saturated heterocycles. The predicted octanol–water partition coefficient (Wildman–Crippen LogP) is 2.73. The summed E-state index contributed by atoms with van der Waals surface area (Å²) >= 11 is 0. The molecule has 146 valence electrons. The Balaban J connectivity index is 1.92. The topological polar surface area (TPSA) is 94.8 Å². The second kappa shape index (κ2) is 7.26. The molecule has 1 aromatic heterocycles. The zero-order valence-corrected chi connectivity index (χ0v) is 16.3. The maximum absolute atomic E-state index is 13.3. The molecule has 1 atom stereocenters. The van der Waals surface area contributed by atoms with Crippen molar-refractivity contribution in [1.29, 1.82) is 0 Å². The van der Waals surface area contributed by atoms with E-state index >= 15 is 0 Å². The number of sulfone groups is 1. The summed E-state index contributed by atoms with van der Waals surface area (Å²) in [5, 5.41) is 1.66. The molecule has 2 heterocycles. The summed E-state index contributed by atoms with van der Waals surface area (Å²) in [7, 11) is -3.84. The van der Waals surface area contributed by atoms with E-state index in [0.29, 0.717) is 24.7 Å². The monoisotopic (exact) mass is 393 g/mol. The second-order valence-corrected chi connectivity index (χ2v) is 9.45. The highest BCUT2D eigenvalue weighted by Crippen LogP contribution is 2.36. The molecule has 8 heteroatoms. The van der Waals surface area contributed by atoms with Gasteiger partial charge in [0.2, 0.25) is 5.91 Å². The van der Waals surface area contributed by atoms with Gasteiger partial charge >= 0.3 is 0 Å². The molecule has 1 aliphatic rings. The van der Waals surface area contributed by atoms with E-state index < -0.39 is 20.5 Å². The molecule has 2 aromatic rings. The SMILES string of the molecule is CC(C)(C)C(=O)NC[C@@H](c1ccco1)S(=O)(=O)c1ccc2c(c1)OCCO2. The van der Waals surface area contributed by atoms with Crippen LogP contribution >= 0.6 is 0 Å². The van der Waals surface area contributed by atoms with Crippen molar-refractivity contribution in [3.8, 4) is 11.5 Å². The van der Waals surface area contributed by atoms with Gasteiger partial charge in [0, 0.05) is 18.0 Å². The van der Waals surface area contributed by atoms with Crippen LogP contribution in [0.3, 0.4) is 0 Å². The largest absolute Gasteiger partial charge is 0.486 e. The standard InChI is InChI=1S/C19H23NO6S/c1-19(2,3)18(21)20-12-17(15-5-4-8-24-15)27(22,23)13-6-7-14-16(11-13)26-10-9-25-14/h4-8,11,17H,9-10,12H2,1-3H3,(H,20,21)/t17-/m0/s1. The highest BCUT2D eigenvalue weighted by atomic mass is 32.2. The number of amides is 1. The Bertz CT molecular complexity index is 912. The molecule has 0 aliphatic carbocycles. The minimum atomic E-state index is -3.84. The van der Waals surface area contributed by atoms with Crippen LogP contribution < -0.4 is 14.8 Å². The molecule has 1 aromatic carbocycles. The van der Waals surface area contributed by atoms with Crippen molar-refractivity contribution in [2.24, 2.45) is 5.41 Å². The Morgan fingerprint density at radius 3 is 2.48 bits per heavy atom. The van der Waals surface area contributed by atoms with Crippen LogP contribution in [0.4, 0.5) is 0 Å². The molecule has 0 radical (unpaired) electrons. The average molecular weight is 393 g/mol. The molecule has 0 spiro atoms. The summed E-state index contributed by atoms with van der Waals surface area (Å²) in [6, 6.07) is 7.71. The molecular weight excluding hydrogens is 370 g/mol. The molecule has 0 unspecified atom stereocenters. The number of furan rings is 1. The zero-order chi connectivity index (χ0) is 19.7. The van der Waals surface area contributed by atoms with Gasteiger partial charge in [0.1, 0.15) is 24.2 Å². The predicted molar refractivity (Wildman–Crippen MR) is 98.5 cm³/mol. The Morgan fingerprint density at radius 2 is 1.85 bits per heavy atom. The molecule has 3 rings (SSSR count). The van der Waals surface area contributed by atoms with Gasteiger partial charge in [-0.15, -0.1) is 0 Å². The van der Waals surface area contributed by atoms with Crippen molar-refractivity contribution in [1.82, 2.24) is 5.32 Å². The summed E-state index contributed by atoms with van der Waals surface area (Å²) < 4.78 is 42.8. The Labute approximate surface area is 158 Å². The number of fused-ring (bicyclic) bond motifs is 1. The maximum Gasteiger partial charge on any atom is 0.225 e. The Kier molecular flexibility index (Phi) is 5.19. The summed E-state index contributed by atoms with van der Waals surface area (Å²) in [4.78, 5) is 12.3. The van der Waals surface area contributed by atoms with Crippen LogP contribution in [0.2, 0.25) is 0 Å².